The van der Waals surface area contributed by atoms with Crippen LogP contribution in [0.3, 0.4) is 0 Å². The predicted molar refractivity (Wildman–Crippen MR) is 76.2 cm³/mol. The van der Waals surface area contributed by atoms with Crippen molar-refractivity contribution in [2.24, 2.45) is 5.92 Å². The molecule has 1 aliphatic heterocycles. The van der Waals surface area contributed by atoms with Gasteiger partial charge in [-0.3, -0.25) is 0 Å². The summed E-state index contributed by atoms with van der Waals surface area (Å²) in [4.78, 5) is 0. The number of aryl methyl sites for hydroxylation is 2. The van der Waals surface area contributed by atoms with Gasteiger partial charge in [0, 0.05) is 0 Å². The van der Waals surface area contributed by atoms with Gasteiger partial charge in [-0.15, -0.1) is 0 Å². The zero-order valence-electron chi connectivity index (χ0n) is 12.4. The Morgan fingerprint density at radius 3 is 2.68 bits per heavy atom. The molecule has 2 fully saturated rings. The van der Waals surface area contributed by atoms with E-state index in [1.165, 1.54) is 23.1 Å². The fourth-order valence-corrected chi connectivity index (χ4v) is 3.60. The maximum atomic E-state index is 6.10. The van der Waals surface area contributed by atoms with Gasteiger partial charge in [0.05, 0.1) is 12.2 Å². The van der Waals surface area contributed by atoms with Crippen LogP contribution in [0.25, 0.3) is 0 Å². The van der Waals surface area contributed by atoms with E-state index < -0.39 is 5.79 Å². The highest BCUT2D eigenvalue weighted by Gasteiger charge is 2.48. The Morgan fingerprint density at radius 1 is 1.16 bits per heavy atom. The van der Waals surface area contributed by atoms with Crippen molar-refractivity contribution in [2.75, 3.05) is 0 Å². The van der Waals surface area contributed by atoms with E-state index in [2.05, 4.69) is 32.0 Å². The number of hydrogen-bond donors (Lipinski definition) is 0. The lowest BCUT2D eigenvalue weighted by Gasteiger charge is -2.22. The third-order valence-corrected chi connectivity index (χ3v) is 4.49. The highest BCUT2D eigenvalue weighted by molar-refractivity contribution is 5.31. The fourth-order valence-electron chi connectivity index (χ4n) is 3.60. The zero-order valence-corrected chi connectivity index (χ0v) is 12.4. The molecular formula is C17H24O2. The van der Waals surface area contributed by atoms with Crippen molar-refractivity contribution in [2.45, 2.75) is 65.0 Å². The van der Waals surface area contributed by atoms with Crippen LogP contribution in [-0.4, -0.2) is 18.0 Å². The van der Waals surface area contributed by atoms with E-state index in [1.807, 2.05) is 13.8 Å². The summed E-state index contributed by atoms with van der Waals surface area (Å²) in [6.45, 7) is 8.42. The Morgan fingerprint density at radius 2 is 1.95 bits per heavy atom. The first-order valence-corrected chi connectivity index (χ1v) is 7.36. The predicted octanol–water partition coefficient (Wildman–Crippen LogP) is 3.78. The monoisotopic (exact) mass is 260 g/mol. The Labute approximate surface area is 116 Å². The number of ether oxygens (including phenoxy) is 2. The van der Waals surface area contributed by atoms with E-state index in [0.29, 0.717) is 12.0 Å². The van der Waals surface area contributed by atoms with Gasteiger partial charge >= 0.3 is 0 Å². The van der Waals surface area contributed by atoms with Crippen LogP contribution in [0.15, 0.2) is 18.2 Å². The van der Waals surface area contributed by atoms with Crippen LogP contribution in [-0.2, 0) is 15.9 Å². The Kier molecular flexibility index (Phi) is 3.18. The van der Waals surface area contributed by atoms with E-state index in [0.717, 1.165) is 12.8 Å². The second-order valence-electron chi connectivity index (χ2n) is 6.61. The van der Waals surface area contributed by atoms with Crippen molar-refractivity contribution in [3.8, 4) is 0 Å². The van der Waals surface area contributed by atoms with E-state index >= 15 is 0 Å². The number of fused-ring (bicyclic) bond motifs is 1. The summed E-state index contributed by atoms with van der Waals surface area (Å²) in [6, 6.07) is 6.77. The molecule has 19 heavy (non-hydrogen) atoms. The molecule has 1 aromatic rings. The zero-order chi connectivity index (χ0) is 13.6. The first-order chi connectivity index (χ1) is 8.94. The van der Waals surface area contributed by atoms with Crippen LogP contribution < -0.4 is 0 Å². The molecular weight excluding hydrogens is 236 g/mol. The summed E-state index contributed by atoms with van der Waals surface area (Å²) in [5, 5.41) is 0. The molecule has 0 amide bonds. The lowest BCUT2D eigenvalue weighted by molar-refractivity contribution is -0.156. The van der Waals surface area contributed by atoms with E-state index in [-0.39, 0.29) is 6.10 Å². The summed E-state index contributed by atoms with van der Waals surface area (Å²) < 4.78 is 12.1. The lowest BCUT2D eigenvalue weighted by Crippen LogP contribution is -2.26. The van der Waals surface area contributed by atoms with Gasteiger partial charge in [-0.05, 0) is 64.0 Å². The molecule has 1 heterocycles. The van der Waals surface area contributed by atoms with Crippen molar-refractivity contribution >= 4 is 0 Å². The third kappa shape index (κ3) is 2.56. The van der Waals surface area contributed by atoms with Gasteiger partial charge < -0.3 is 9.47 Å². The summed E-state index contributed by atoms with van der Waals surface area (Å²) in [5.41, 5.74) is 4.21. The molecule has 3 atom stereocenters. The second-order valence-corrected chi connectivity index (χ2v) is 6.61. The van der Waals surface area contributed by atoms with Crippen LogP contribution in [0, 0.1) is 19.8 Å². The van der Waals surface area contributed by atoms with Crippen molar-refractivity contribution in [1.29, 1.82) is 0 Å². The lowest BCUT2D eigenvalue weighted by atomic mass is 9.92. The van der Waals surface area contributed by atoms with Gasteiger partial charge in [0.25, 0.3) is 0 Å². The summed E-state index contributed by atoms with van der Waals surface area (Å²) in [6.07, 6.45) is 4.08. The molecule has 1 saturated heterocycles. The molecule has 1 aromatic carbocycles. The topological polar surface area (TPSA) is 18.5 Å². The molecule has 0 N–H and O–H groups in total. The quantitative estimate of drug-likeness (QED) is 0.805. The van der Waals surface area contributed by atoms with E-state index in [4.69, 9.17) is 9.47 Å². The van der Waals surface area contributed by atoms with Crippen molar-refractivity contribution < 1.29 is 9.47 Å². The first kappa shape index (κ1) is 13.1. The minimum atomic E-state index is -0.393. The number of benzene rings is 1. The molecule has 104 valence electrons. The molecule has 0 radical (unpaired) electrons. The minimum Gasteiger partial charge on any atom is -0.345 e. The first-order valence-electron chi connectivity index (χ1n) is 7.36. The van der Waals surface area contributed by atoms with Crippen LogP contribution in [0.1, 0.15) is 43.4 Å². The Bertz CT molecular complexity index is 478. The van der Waals surface area contributed by atoms with Gasteiger partial charge in [0.15, 0.2) is 5.79 Å². The van der Waals surface area contributed by atoms with E-state index in [9.17, 15) is 0 Å². The van der Waals surface area contributed by atoms with Gasteiger partial charge in [-0.25, -0.2) is 0 Å². The van der Waals surface area contributed by atoms with Gasteiger partial charge in [0.2, 0.25) is 0 Å². The molecule has 3 rings (SSSR count). The van der Waals surface area contributed by atoms with Crippen molar-refractivity contribution in [3.05, 3.63) is 34.9 Å². The summed E-state index contributed by atoms with van der Waals surface area (Å²) in [5.74, 6) is 0.212. The van der Waals surface area contributed by atoms with Crippen molar-refractivity contribution in [3.63, 3.8) is 0 Å². The SMILES string of the molecule is Cc1ccc(CC2CCC3OC(C)(C)OC23)c(C)c1. The maximum Gasteiger partial charge on any atom is 0.163 e. The third-order valence-electron chi connectivity index (χ3n) is 4.49. The van der Waals surface area contributed by atoms with Gasteiger partial charge in [0.1, 0.15) is 0 Å². The Hall–Kier alpha value is -0.860. The molecule has 2 nitrogen and oxygen atoms in total. The van der Waals surface area contributed by atoms with Crippen LogP contribution >= 0.6 is 0 Å². The van der Waals surface area contributed by atoms with Gasteiger partial charge in [-0.2, -0.15) is 0 Å². The van der Waals surface area contributed by atoms with Gasteiger partial charge in [-0.1, -0.05) is 23.8 Å². The summed E-state index contributed by atoms with van der Waals surface area (Å²) in [7, 11) is 0. The van der Waals surface area contributed by atoms with E-state index in [1.54, 1.807) is 0 Å². The number of hydrogen-bond acceptors (Lipinski definition) is 2. The standard InChI is InChI=1S/C17H24O2/c1-11-5-6-13(12(2)9-11)10-14-7-8-15-16(14)19-17(3,4)18-15/h5-6,9,14-16H,7-8,10H2,1-4H3. The average molecular weight is 260 g/mol. The minimum absolute atomic E-state index is 0.288. The fraction of sp³-hybridized carbons (Fsp3) is 0.647. The summed E-state index contributed by atoms with van der Waals surface area (Å²) >= 11 is 0. The normalized spacial score (nSPS) is 32.5. The largest absolute Gasteiger partial charge is 0.345 e. The molecule has 0 spiro atoms. The molecule has 2 heteroatoms. The highest BCUT2D eigenvalue weighted by Crippen LogP contribution is 2.42. The molecule has 0 bridgehead atoms. The smallest absolute Gasteiger partial charge is 0.163 e. The molecule has 0 aromatic heterocycles. The van der Waals surface area contributed by atoms with Crippen LogP contribution in [0.4, 0.5) is 0 Å². The molecule has 3 unspecified atom stereocenters. The average Bonchev–Trinajstić information content (AvgIpc) is 2.79. The highest BCUT2D eigenvalue weighted by atomic mass is 16.8. The molecule has 1 aliphatic carbocycles. The molecule has 1 saturated carbocycles. The number of rotatable bonds is 2. The van der Waals surface area contributed by atoms with Crippen LogP contribution in [0.2, 0.25) is 0 Å². The van der Waals surface area contributed by atoms with Crippen LogP contribution in [0.5, 0.6) is 0 Å². The second kappa shape index (κ2) is 4.60. The van der Waals surface area contributed by atoms with Crippen molar-refractivity contribution in [1.82, 2.24) is 0 Å². The maximum absolute atomic E-state index is 6.10. The molecule has 2 aliphatic rings. The Balaban J connectivity index is 1.74.